The van der Waals surface area contributed by atoms with Crippen molar-refractivity contribution in [1.29, 1.82) is 0 Å². The first-order chi connectivity index (χ1) is 15.5. The number of carbonyl (C=O) groups is 2. The number of halogens is 2. The van der Waals surface area contributed by atoms with E-state index in [0.29, 0.717) is 37.2 Å². The second kappa shape index (κ2) is 8.82. The number of likely N-dealkylation sites (tertiary alicyclic amines) is 1. The zero-order chi connectivity index (χ0) is 23.9. The Morgan fingerprint density at radius 2 is 1.94 bits per heavy atom. The molecule has 1 fully saturated rings. The smallest absolute Gasteiger partial charge is 0.410 e. The van der Waals surface area contributed by atoms with E-state index in [-0.39, 0.29) is 35.6 Å². The minimum absolute atomic E-state index is 0.178. The monoisotopic (exact) mass is 474 g/mol. The third kappa shape index (κ3) is 4.76. The molecule has 0 radical (unpaired) electrons. The van der Waals surface area contributed by atoms with Crippen LogP contribution < -0.4 is 9.80 Å². The van der Waals surface area contributed by atoms with Crippen molar-refractivity contribution in [2.75, 3.05) is 22.9 Å². The molecule has 3 heterocycles. The predicted molar refractivity (Wildman–Crippen MR) is 125 cm³/mol. The van der Waals surface area contributed by atoms with Crippen molar-refractivity contribution in [3.63, 3.8) is 0 Å². The van der Waals surface area contributed by atoms with Gasteiger partial charge in [0, 0.05) is 30.9 Å². The molecule has 1 aromatic carbocycles. The number of pyridine rings is 1. The molecular weight excluding hydrogens is 447 g/mol. The van der Waals surface area contributed by atoms with Gasteiger partial charge >= 0.3 is 12.1 Å². The lowest BCUT2D eigenvalue weighted by Gasteiger charge is -2.44. The Morgan fingerprint density at radius 1 is 1.24 bits per heavy atom. The fraction of sp³-hybridized carbons (Fsp3) is 0.458. The van der Waals surface area contributed by atoms with Crippen molar-refractivity contribution in [3.05, 3.63) is 52.6 Å². The second-order valence-electron chi connectivity index (χ2n) is 9.48. The maximum Gasteiger partial charge on any atom is 0.410 e. The molecule has 33 heavy (non-hydrogen) atoms. The molecule has 0 aliphatic carbocycles. The number of anilines is 2. The third-order valence-electron chi connectivity index (χ3n) is 5.89. The van der Waals surface area contributed by atoms with Crippen LogP contribution in [0.1, 0.15) is 44.7 Å². The van der Waals surface area contributed by atoms with Crippen LogP contribution in [0.3, 0.4) is 0 Å². The molecule has 0 atom stereocenters. The first-order valence-corrected chi connectivity index (χ1v) is 11.4. The molecule has 1 saturated heterocycles. The number of fused-ring (bicyclic) bond motifs is 1. The maximum absolute atomic E-state index is 14.8. The highest BCUT2D eigenvalue weighted by atomic mass is 35.5. The average molecular weight is 475 g/mol. The van der Waals surface area contributed by atoms with Gasteiger partial charge in [-0.05, 0) is 58.2 Å². The molecule has 1 aromatic heterocycles. The van der Waals surface area contributed by atoms with Crippen molar-refractivity contribution >= 4 is 35.1 Å². The molecule has 2 aliphatic rings. The fourth-order valence-electron chi connectivity index (χ4n) is 4.39. The van der Waals surface area contributed by atoms with Gasteiger partial charge in [0.25, 0.3) is 0 Å². The molecule has 7 nitrogen and oxygen atoms in total. The molecule has 0 spiro atoms. The molecule has 3 amide bonds. The van der Waals surface area contributed by atoms with E-state index in [1.54, 1.807) is 41.1 Å². The first kappa shape index (κ1) is 23.3. The predicted octanol–water partition coefficient (Wildman–Crippen LogP) is 5.53. The largest absolute Gasteiger partial charge is 0.444 e. The summed E-state index contributed by atoms with van der Waals surface area (Å²) in [5, 5.41) is 0.285. The van der Waals surface area contributed by atoms with E-state index in [2.05, 4.69) is 4.98 Å². The SMILES string of the molecule is Cc1cccc(F)c1N1Cc2cnc(Cl)cc2N(C2CCN(C(=O)OC(C)(C)C)CC2)C1=O. The molecule has 0 saturated carbocycles. The zero-order valence-corrected chi connectivity index (χ0v) is 20.0. The fourth-order valence-corrected chi connectivity index (χ4v) is 4.54. The lowest BCUT2D eigenvalue weighted by atomic mass is 10.00. The van der Waals surface area contributed by atoms with Gasteiger partial charge < -0.3 is 9.64 Å². The maximum atomic E-state index is 14.8. The van der Waals surface area contributed by atoms with E-state index in [9.17, 15) is 14.0 Å². The van der Waals surface area contributed by atoms with Crippen LogP contribution in [0.4, 0.5) is 25.4 Å². The standard InChI is InChI=1S/C24H28ClFN4O3/c1-15-6-5-7-18(26)21(15)29-14-16-13-27-20(25)12-19(16)30(22(29)31)17-8-10-28(11-9-17)23(32)33-24(2,3)4/h5-7,12-13,17H,8-11,14H2,1-4H3. The minimum atomic E-state index is -0.572. The molecule has 2 aliphatic heterocycles. The van der Waals surface area contributed by atoms with Crippen LogP contribution in [0.2, 0.25) is 5.15 Å². The van der Waals surface area contributed by atoms with Crippen LogP contribution >= 0.6 is 11.6 Å². The van der Waals surface area contributed by atoms with E-state index < -0.39 is 11.4 Å². The van der Waals surface area contributed by atoms with Gasteiger partial charge in [-0.2, -0.15) is 0 Å². The summed E-state index contributed by atoms with van der Waals surface area (Å²) >= 11 is 6.17. The molecule has 0 bridgehead atoms. The Balaban J connectivity index is 1.63. The number of amides is 3. The summed E-state index contributed by atoms with van der Waals surface area (Å²) in [6.45, 7) is 8.39. The number of piperidine rings is 1. The first-order valence-electron chi connectivity index (χ1n) is 11.0. The highest BCUT2D eigenvalue weighted by molar-refractivity contribution is 6.29. The number of nitrogens with zero attached hydrogens (tertiary/aromatic N) is 4. The number of para-hydroxylation sites is 1. The molecule has 0 N–H and O–H groups in total. The van der Waals surface area contributed by atoms with Crippen LogP contribution in [0.5, 0.6) is 0 Å². The number of ether oxygens (including phenoxy) is 1. The molecule has 4 rings (SSSR count). The van der Waals surface area contributed by atoms with Gasteiger partial charge in [0.15, 0.2) is 0 Å². The highest BCUT2D eigenvalue weighted by Gasteiger charge is 2.39. The number of aryl methyl sites for hydroxylation is 1. The molecule has 176 valence electrons. The molecule has 2 aromatic rings. The summed E-state index contributed by atoms with van der Waals surface area (Å²) in [7, 11) is 0. The number of aromatic nitrogens is 1. The van der Waals surface area contributed by atoms with E-state index in [1.165, 1.54) is 11.0 Å². The second-order valence-corrected chi connectivity index (χ2v) is 9.87. The van der Waals surface area contributed by atoms with Gasteiger partial charge in [-0.1, -0.05) is 23.7 Å². The quantitative estimate of drug-likeness (QED) is 0.537. The summed E-state index contributed by atoms with van der Waals surface area (Å²) < 4.78 is 20.3. The lowest BCUT2D eigenvalue weighted by molar-refractivity contribution is 0.0206. The summed E-state index contributed by atoms with van der Waals surface area (Å²) in [4.78, 5) is 35.2. The number of urea groups is 1. The number of hydrogen-bond acceptors (Lipinski definition) is 4. The van der Waals surface area contributed by atoms with E-state index in [1.807, 2.05) is 20.8 Å². The molecular formula is C24H28ClFN4O3. The van der Waals surface area contributed by atoms with Gasteiger partial charge in [-0.3, -0.25) is 9.80 Å². The van der Waals surface area contributed by atoms with Crippen molar-refractivity contribution in [2.24, 2.45) is 0 Å². The summed E-state index contributed by atoms with van der Waals surface area (Å²) in [6.07, 6.45) is 2.40. The van der Waals surface area contributed by atoms with Crippen LogP contribution in [0, 0.1) is 12.7 Å². The van der Waals surface area contributed by atoms with E-state index in [4.69, 9.17) is 16.3 Å². The van der Waals surface area contributed by atoms with Gasteiger partial charge in [0.05, 0.1) is 17.9 Å². The molecule has 0 unspecified atom stereocenters. The van der Waals surface area contributed by atoms with Crippen LogP contribution in [-0.2, 0) is 11.3 Å². The van der Waals surface area contributed by atoms with Gasteiger partial charge in [0.1, 0.15) is 16.6 Å². The summed E-state index contributed by atoms with van der Waals surface area (Å²) in [6, 6.07) is 5.96. The van der Waals surface area contributed by atoms with Crippen molar-refractivity contribution < 1.29 is 18.7 Å². The highest BCUT2D eigenvalue weighted by Crippen LogP contribution is 2.38. The summed E-state index contributed by atoms with van der Waals surface area (Å²) in [5.74, 6) is -0.451. The Kier molecular flexibility index (Phi) is 6.22. The Morgan fingerprint density at radius 3 is 2.58 bits per heavy atom. The zero-order valence-electron chi connectivity index (χ0n) is 19.3. The van der Waals surface area contributed by atoms with Gasteiger partial charge in [-0.25, -0.2) is 19.0 Å². The Bertz CT molecular complexity index is 1060. The van der Waals surface area contributed by atoms with Crippen molar-refractivity contribution in [1.82, 2.24) is 9.88 Å². The van der Waals surface area contributed by atoms with Crippen molar-refractivity contribution in [2.45, 2.75) is 58.7 Å². The lowest BCUT2D eigenvalue weighted by Crippen LogP contribution is -2.56. The normalized spacial score (nSPS) is 17.3. The van der Waals surface area contributed by atoms with Crippen LogP contribution in [0.15, 0.2) is 30.5 Å². The third-order valence-corrected chi connectivity index (χ3v) is 6.10. The summed E-state index contributed by atoms with van der Waals surface area (Å²) in [5.41, 5.74) is 1.84. The van der Waals surface area contributed by atoms with Gasteiger partial charge in [-0.15, -0.1) is 0 Å². The number of benzene rings is 1. The van der Waals surface area contributed by atoms with E-state index >= 15 is 0 Å². The Labute approximate surface area is 198 Å². The number of hydrogen-bond donors (Lipinski definition) is 0. The van der Waals surface area contributed by atoms with Crippen molar-refractivity contribution in [3.8, 4) is 0 Å². The van der Waals surface area contributed by atoms with Crippen LogP contribution in [0.25, 0.3) is 0 Å². The number of carbonyl (C=O) groups excluding carboxylic acids is 2. The van der Waals surface area contributed by atoms with E-state index in [0.717, 1.165) is 5.56 Å². The van der Waals surface area contributed by atoms with Crippen LogP contribution in [-0.4, -0.2) is 46.7 Å². The molecule has 9 heteroatoms. The number of rotatable bonds is 2. The topological polar surface area (TPSA) is 66.0 Å². The average Bonchev–Trinajstić information content (AvgIpc) is 2.73. The van der Waals surface area contributed by atoms with Gasteiger partial charge in [0.2, 0.25) is 0 Å². The Hall–Kier alpha value is -2.87. The minimum Gasteiger partial charge on any atom is -0.444 e.